The number of aliphatic hydroxyl groups is 1. The number of hydrogen-bond donors (Lipinski definition) is 2. The fraction of sp³-hybridized carbons (Fsp3) is 0.571. The molecule has 5 nitrogen and oxygen atoms in total. The molecule has 0 aromatic carbocycles. The Balaban J connectivity index is 1.92. The highest BCUT2D eigenvalue weighted by molar-refractivity contribution is 5.93. The van der Waals surface area contributed by atoms with E-state index in [4.69, 9.17) is 0 Å². The molecule has 1 fully saturated rings. The third kappa shape index (κ3) is 3.92. The number of aromatic nitrogens is 1. The van der Waals surface area contributed by atoms with E-state index in [0.29, 0.717) is 10.3 Å². The van der Waals surface area contributed by atoms with Crippen LogP contribution < -0.4 is 10.0 Å². The predicted octanol–water partition coefficient (Wildman–Crippen LogP) is 1.14. The summed E-state index contributed by atoms with van der Waals surface area (Å²) in [5, 5.41) is 24.2. The molecule has 1 aliphatic carbocycles. The van der Waals surface area contributed by atoms with E-state index in [1.165, 1.54) is 18.5 Å². The van der Waals surface area contributed by atoms with E-state index in [-0.39, 0.29) is 12.5 Å². The Kier molecular flexibility index (Phi) is 4.37. The number of nitrogens with zero attached hydrogens (tertiary/aromatic N) is 1. The van der Waals surface area contributed by atoms with E-state index in [1.54, 1.807) is 6.07 Å². The van der Waals surface area contributed by atoms with Gasteiger partial charge in [0.15, 0.2) is 12.4 Å². The van der Waals surface area contributed by atoms with Crippen LogP contribution in [0.15, 0.2) is 24.5 Å². The molecular formula is C14H20N2O3. The number of carbonyl (C=O) groups excluding carboxylic acids is 1. The number of hydrogen-bond acceptors (Lipinski definition) is 3. The van der Waals surface area contributed by atoms with Crippen LogP contribution in [0.2, 0.25) is 0 Å². The number of pyridine rings is 1. The fourth-order valence-corrected chi connectivity index (χ4v) is 2.50. The first-order valence-electron chi connectivity index (χ1n) is 6.78. The van der Waals surface area contributed by atoms with Crippen molar-refractivity contribution in [2.75, 3.05) is 6.54 Å². The van der Waals surface area contributed by atoms with Crippen molar-refractivity contribution < 1.29 is 14.6 Å². The molecule has 0 aliphatic heterocycles. The van der Waals surface area contributed by atoms with Crippen molar-refractivity contribution >= 4 is 5.91 Å². The van der Waals surface area contributed by atoms with Gasteiger partial charge in [-0.15, -0.1) is 0 Å². The van der Waals surface area contributed by atoms with Crippen LogP contribution in [0, 0.1) is 5.21 Å². The van der Waals surface area contributed by atoms with Crippen LogP contribution in [0.3, 0.4) is 0 Å². The third-order valence-corrected chi connectivity index (χ3v) is 3.65. The van der Waals surface area contributed by atoms with Gasteiger partial charge in [0.05, 0.1) is 5.60 Å². The number of amides is 1. The highest BCUT2D eigenvalue weighted by atomic mass is 16.5. The second-order valence-electron chi connectivity index (χ2n) is 5.27. The lowest BCUT2D eigenvalue weighted by atomic mass is 9.94. The molecule has 0 saturated heterocycles. The summed E-state index contributed by atoms with van der Waals surface area (Å²) in [6, 6.07) is 3.11. The summed E-state index contributed by atoms with van der Waals surface area (Å²) in [6.45, 7) is 0.250. The maximum atomic E-state index is 11.9. The maximum absolute atomic E-state index is 11.9. The zero-order valence-electron chi connectivity index (χ0n) is 11.0. The summed E-state index contributed by atoms with van der Waals surface area (Å²) in [5.41, 5.74) is -0.483. The van der Waals surface area contributed by atoms with E-state index in [1.807, 2.05) is 0 Å². The van der Waals surface area contributed by atoms with Crippen molar-refractivity contribution in [3.8, 4) is 0 Å². The van der Waals surface area contributed by atoms with E-state index >= 15 is 0 Å². The van der Waals surface area contributed by atoms with E-state index in [0.717, 1.165) is 38.5 Å². The number of nitrogens with one attached hydrogen (secondary N) is 1. The van der Waals surface area contributed by atoms with Gasteiger partial charge in [-0.1, -0.05) is 25.7 Å². The molecule has 1 aromatic rings. The van der Waals surface area contributed by atoms with Crippen molar-refractivity contribution in [1.82, 2.24) is 5.32 Å². The molecule has 2 N–H and O–H groups in total. The van der Waals surface area contributed by atoms with Crippen LogP contribution in [0.4, 0.5) is 0 Å². The monoisotopic (exact) mass is 264 g/mol. The number of rotatable bonds is 3. The first kappa shape index (κ1) is 13.8. The molecule has 5 heteroatoms. The van der Waals surface area contributed by atoms with Crippen molar-refractivity contribution in [2.24, 2.45) is 0 Å². The Hall–Kier alpha value is -1.62. The molecule has 1 amide bonds. The van der Waals surface area contributed by atoms with Crippen molar-refractivity contribution in [3.63, 3.8) is 0 Å². The summed E-state index contributed by atoms with van der Waals surface area (Å²) in [7, 11) is 0. The van der Waals surface area contributed by atoms with Gasteiger partial charge >= 0.3 is 0 Å². The lowest BCUT2D eigenvalue weighted by Crippen LogP contribution is -2.43. The normalized spacial score (nSPS) is 18.6. The Bertz CT molecular complexity index is 440. The molecule has 1 aliphatic rings. The van der Waals surface area contributed by atoms with Gasteiger partial charge in [0.1, 0.15) is 5.56 Å². The fourth-order valence-electron chi connectivity index (χ4n) is 2.50. The van der Waals surface area contributed by atoms with Crippen LogP contribution in [-0.4, -0.2) is 23.2 Å². The number of carbonyl (C=O) groups is 1. The lowest BCUT2D eigenvalue weighted by Gasteiger charge is -2.26. The average Bonchev–Trinajstić information content (AvgIpc) is 2.61. The zero-order valence-corrected chi connectivity index (χ0v) is 11.0. The van der Waals surface area contributed by atoms with Gasteiger partial charge in [0.25, 0.3) is 5.91 Å². The molecule has 0 unspecified atom stereocenters. The summed E-state index contributed by atoms with van der Waals surface area (Å²) in [5.74, 6) is -0.317. The topological polar surface area (TPSA) is 76.3 Å². The molecule has 1 saturated carbocycles. The second-order valence-corrected chi connectivity index (χ2v) is 5.27. The van der Waals surface area contributed by atoms with Gasteiger partial charge in [-0.2, -0.15) is 4.73 Å². The van der Waals surface area contributed by atoms with Crippen LogP contribution >= 0.6 is 0 Å². The van der Waals surface area contributed by atoms with E-state index < -0.39 is 5.60 Å². The molecule has 0 radical (unpaired) electrons. The molecule has 1 aromatic heterocycles. The molecule has 0 atom stereocenters. The van der Waals surface area contributed by atoms with Crippen LogP contribution in [0.25, 0.3) is 0 Å². The van der Waals surface area contributed by atoms with Gasteiger partial charge in [0.2, 0.25) is 0 Å². The Morgan fingerprint density at radius 3 is 2.68 bits per heavy atom. The Morgan fingerprint density at radius 1 is 1.37 bits per heavy atom. The predicted molar refractivity (Wildman–Crippen MR) is 70.4 cm³/mol. The van der Waals surface area contributed by atoms with Crippen LogP contribution in [0.5, 0.6) is 0 Å². The summed E-state index contributed by atoms with van der Waals surface area (Å²) >= 11 is 0. The molecule has 1 heterocycles. The first-order chi connectivity index (χ1) is 9.09. The molecule has 104 valence electrons. The highest BCUT2D eigenvalue weighted by Gasteiger charge is 2.28. The van der Waals surface area contributed by atoms with Crippen molar-refractivity contribution in [3.05, 3.63) is 35.3 Å². The molecule has 0 bridgehead atoms. The molecule has 19 heavy (non-hydrogen) atoms. The van der Waals surface area contributed by atoms with Crippen molar-refractivity contribution in [2.45, 2.75) is 44.1 Å². The SMILES string of the molecule is O=C(NCC1(O)CCCCCC1)c1ccc[n+]([O-])c1. The summed E-state index contributed by atoms with van der Waals surface area (Å²) in [6.07, 6.45) is 8.29. The largest absolute Gasteiger partial charge is 0.619 e. The van der Waals surface area contributed by atoms with Gasteiger partial charge in [-0.3, -0.25) is 4.79 Å². The van der Waals surface area contributed by atoms with Gasteiger partial charge < -0.3 is 15.6 Å². The third-order valence-electron chi connectivity index (χ3n) is 3.65. The Morgan fingerprint density at radius 2 is 2.05 bits per heavy atom. The van der Waals surface area contributed by atoms with E-state index in [9.17, 15) is 15.1 Å². The molecular weight excluding hydrogens is 244 g/mol. The highest BCUT2D eigenvalue weighted by Crippen LogP contribution is 2.26. The Labute approximate surface area is 112 Å². The van der Waals surface area contributed by atoms with Crippen molar-refractivity contribution in [1.29, 1.82) is 0 Å². The standard InChI is InChI=1S/C14H20N2O3/c17-13(12-6-5-9-16(19)10-12)15-11-14(18)7-3-1-2-4-8-14/h5-6,9-10,18H,1-4,7-8,11H2,(H,15,17). The summed E-state index contributed by atoms with van der Waals surface area (Å²) < 4.78 is 0.593. The van der Waals surface area contributed by atoms with E-state index in [2.05, 4.69) is 5.32 Å². The molecule has 0 spiro atoms. The average molecular weight is 264 g/mol. The minimum atomic E-state index is -0.797. The maximum Gasteiger partial charge on any atom is 0.257 e. The second kappa shape index (κ2) is 6.02. The summed E-state index contributed by atoms with van der Waals surface area (Å²) in [4.78, 5) is 11.9. The van der Waals surface area contributed by atoms with Crippen LogP contribution in [0.1, 0.15) is 48.9 Å². The quantitative estimate of drug-likeness (QED) is 0.488. The smallest absolute Gasteiger partial charge is 0.257 e. The minimum Gasteiger partial charge on any atom is -0.619 e. The minimum absolute atomic E-state index is 0.250. The lowest BCUT2D eigenvalue weighted by molar-refractivity contribution is -0.605. The van der Waals surface area contributed by atoms with Gasteiger partial charge in [-0.25, -0.2) is 0 Å². The zero-order chi connectivity index (χ0) is 13.7. The van der Waals surface area contributed by atoms with Crippen LogP contribution in [-0.2, 0) is 0 Å². The molecule has 2 rings (SSSR count). The first-order valence-corrected chi connectivity index (χ1v) is 6.78. The van der Waals surface area contributed by atoms with Gasteiger partial charge in [-0.05, 0) is 18.9 Å². The van der Waals surface area contributed by atoms with Gasteiger partial charge in [0, 0.05) is 12.6 Å².